The van der Waals surface area contributed by atoms with Gasteiger partial charge in [-0.15, -0.1) is 0 Å². The van der Waals surface area contributed by atoms with Crippen LogP contribution in [0.25, 0.3) is 11.0 Å². The number of amides is 1. The topological polar surface area (TPSA) is 59.3 Å². The molecule has 0 spiro atoms. The Morgan fingerprint density at radius 2 is 1.91 bits per heavy atom. The van der Waals surface area contributed by atoms with E-state index in [0.717, 1.165) is 5.56 Å². The highest BCUT2D eigenvalue weighted by Crippen LogP contribution is 2.22. The zero-order valence-corrected chi connectivity index (χ0v) is 12.5. The fourth-order valence-electron chi connectivity index (χ4n) is 2.17. The van der Waals surface area contributed by atoms with Crippen molar-refractivity contribution in [3.05, 3.63) is 75.1 Å². The van der Waals surface area contributed by atoms with Crippen molar-refractivity contribution >= 4 is 34.2 Å². The molecule has 3 aromatic rings. The van der Waals surface area contributed by atoms with Crippen molar-refractivity contribution in [3.63, 3.8) is 0 Å². The van der Waals surface area contributed by atoms with Crippen molar-refractivity contribution in [2.75, 3.05) is 5.32 Å². The molecule has 1 amide bonds. The van der Waals surface area contributed by atoms with E-state index in [0.29, 0.717) is 16.1 Å². The lowest BCUT2D eigenvalue weighted by molar-refractivity contribution is 0.102. The van der Waals surface area contributed by atoms with Gasteiger partial charge in [0.1, 0.15) is 5.56 Å². The van der Waals surface area contributed by atoms with Crippen molar-refractivity contribution in [1.29, 1.82) is 0 Å². The number of fused-ring (bicyclic) bond motifs is 1. The van der Waals surface area contributed by atoms with E-state index in [4.69, 9.17) is 16.0 Å². The Bertz CT molecular complexity index is 931. The van der Waals surface area contributed by atoms with Crippen molar-refractivity contribution < 1.29 is 9.21 Å². The van der Waals surface area contributed by atoms with Gasteiger partial charge in [0.15, 0.2) is 5.58 Å². The Hall–Kier alpha value is -2.59. The van der Waals surface area contributed by atoms with Crippen molar-refractivity contribution in [2.24, 2.45) is 0 Å². The van der Waals surface area contributed by atoms with E-state index in [1.165, 1.54) is 6.07 Å². The molecule has 110 valence electrons. The minimum Gasteiger partial charge on any atom is -0.421 e. The summed E-state index contributed by atoms with van der Waals surface area (Å²) in [4.78, 5) is 24.3. The number of benzene rings is 2. The molecule has 5 heteroatoms. The summed E-state index contributed by atoms with van der Waals surface area (Å²) in [6.45, 7) is 1.87. The van der Waals surface area contributed by atoms with Crippen LogP contribution >= 0.6 is 11.6 Å². The summed E-state index contributed by atoms with van der Waals surface area (Å²) < 4.78 is 5.16. The predicted octanol–water partition coefficient (Wildman–Crippen LogP) is 4.01. The molecule has 1 N–H and O–H groups in total. The molecule has 0 saturated carbocycles. The van der Waals surface area contributed by atoms with Gasteiger partial charge in [-0.2, -0.15) is 0 Å². The molecule has 22 heavy (non-hydrogen) atoms. The van der Waals surface area contributed by atoms with Crippen LogP contribution in [0.1, 0.15) is 15.9 Å². The monoisotopic (exact) mass is 313 g/mol. The summed E-state index contributed by atoms with van der Waals surface area (Å²) in [7, 11) is 0. The number of hydrogen-bond donors (Lipinski definition) is 1. The molecule has 0 bridgehead atoms. The van der Waals surface area contributed by atoms with Gasteiger partial charge in [0.25, 0.3) is 5.91 Å². The molecule has 0 fully saturated rings. The van der Waals surface area contributed by atoms with E-state index < -0.39 is 11.5 Å². The molecule has 3 rings (SSSR count). The number of hydrogen-bond acceptors (Lipinski definition) is 3. The zero-order valence-electron chi connectivity index (χ0n) is 11.7. The van der Waals surface area contributed by atoms with Gasteiger partial charge < -0.3 is 9.73 Å². The van der Waals surface area contributed by atoms with E-state index >= 15 is 0 Å². The number of nitrogens with one attached hydrogen (secondary N) is 1. The second-order valence-electron chi connectivity index (χ2n) is 4.87. The number of halogens is 1. The molecule has 1 aromatic heterocycles. The molecule has 0 radical (unpaired) electrons. The third-order valence-electron chi connectivity index (χ3n) is 3.35. The summed E-state index contributed by atoms with van der Waals surface area (Å²) in [5.41, 5.74) is 1.06. The van der Waals surface area contributed by atoms with Crippen molar-refractivity contribution in [3.8, 4) is 0 Å². The Kier molecular flexibility index (Phi) is 3.69. The summed E-state index contributed by atoms with van der Waals surface area (Å²) in [5.74, 6) is -0.509. The third kappa shape index (κ3) is 2.61. The van der Waals surface area contributed by atoms with E-state index in [9.17, 15) is 9.59 Å². The minimum atomic E-state index is -0.716. The highest BCUT2D eigenvalue weighted by Gasteiger charge is 2.15. The first-order valence-corrected chi connectivity index (χ1v) is 7.03. The molecule has 1 heterocycles. The van der Waals surface area contributed by atoms with Crippen molar-refractivity contribution in [2.45, 2.75) is 6.92 Å². The number of para-hydroxylation sites is 2. The van der Waals surface area contributed by atoms with Crippen LogP contribution in [-0.4, -0.2) is 5.91 Å². The molecule has 2 aromatic carbocycles. The lowest BCUT2D eigenvalue weighted by Crippen LogP contribution is -2.21. The van der Waals surface area contributed by atoms with Crippen LogP contribution < -0.4 is 10.9 Å². The van der Waals surface area contributed by atoms with Crippen LogP contribution in [0.2, 0.25) is 5.02 Å². The van der Waals surface area contributed by atoms with Gasteiger partial charge in [-0.05, 0) is 30.7 Å². The van der Waals surface area contributed by atoms with E-state index in [1.54, 1.807) is 24.3 Å². The number of carbonyl (C=O) groups is 1. The lowest BCUT2D eigenvalue weighted by atomic mass is 10.1. The molecule has 0 unspecified atom stereocenters. The third-order valence-corrected chi connectivity index (χ3v) is 3.65. The van der Waals surface area contributed by atoms with E-state index in [1.807, 2.05) is 25.1 Å². The fourth-order valence-corrected chi connectivity index (χ4v) is 2.39. The van der Waals surface area contributed by atoms with Gasteiger partial charge in [0.2, 0.25) is 0 Å². The largest absolute Gasteiger partial charge is 0.421 e. The number of anilines is 1. The average molecular weight is 314 g/mol. The highest BCUT2D eigenvalue weighted by molar-refractivity contribution is 6.34. The van der Waals surface area contributed by atoms with Gasteiger partial charge in [0.05, 0.1) is 5.02 Å². The van der Waals surface area contributed by atoms with Crippen LogP contribution in [-0.2, 0) is 0 Å². The van der Waals surface area contributed by atoms with Crippen LogP contribution in [0.15, 0.2) is 57.7 Å². The lowest BCUT2D eigenvalue weighted by Gasteiger charge is -2.08. The van der Waals surface area contributed by atoms with Crippen molar-refractivity contribution in [1.82, 2.24) is 0 Å². The normalized spacial score (nSPS) is 10.6. The summed E-state index contributed by atoms with van der Waals surface area (Å²) >= 11 is 5.98. The molecular weight excluding hydrogens is 302 g/mol. The first-order chi connectivity index (χ1) is 10.6. The summed E-state index contributed by atoms with van der Waals surface area (Å²) in [5, 5.41) is 3.65. The summed E-state index contributed by atoms with van der Waals surface area (Å²) in [6.07, 6.45) is 0. The number of rotatable bonds is 2. The molecule has 0 aliphatic carbocycles. The maximum Gasteiger partial charge on any atom is 0.349 e. The molecule has 0 aliphatic heterocycles. The predicted molar refractivity (Wildman–Crippen MR) is 86.6 cm³/mol. The Morgan fingerprint density at radius 1 is 1.14 bits per heavy atom. The Morgan fingerprint density at radius 3 is 2.68 bits per heavy atom. The number of carbonyl (C=O) groups excluding carboxylic acids is 1. The van der Waals surface area contributed by atoms with Gasteiger partial charge >= 0.3 is 5.63 Å². The quantitative estimate of drug-likeness (QED) is 0.727. The molecule has 0 saturated heterocycles. The molecule has 0 aliphatic rings. The standard InChI is InChI=1S/C17H12ClNO3/c1-10-5-2-3-8-14(10)19-16(20)12-9-11-6-4-7-13(18)15(11)22-17(12)21/h2-9H,1H3,(H,19,20). The van der Waals surface area contributed by atoms with Crippen LogP contribution in [0.3, 0.4) is 0 Å². The first-order valence-electron chi connectivity index (χ1n) is 6.65. The fraction of sp³-hybridized carbons (Fsp3) is 0.0588. The molecule has 4 nitrogen and oxygen atoms in total. The van der Waals surface area contributed by atoms with Gasteiger partial charge in [-0.25, -0.2) is 4.79 Å². The van der Waals surface area contributed by atoms with Crippen LogP contribution in [0, 0.1) is 6.92 Å². The van der Waals surface area contributed by atoms with Gasteiger partial charge in [-0.3, -0.25) is 4.79 Å². The first kappa shape index (κ1) is 14.4. The van der Waals surface area contributed by atoms with E-state index in [2.05, 4.69) is 5.32 Å². The maximum absolute atomic E-state index is 12.3. The second-order valence-corrected chi connectivity index (χ2v) is 5.28. The molecule has 0 atom stereocenters. The number of aryl methyl sites for hydroxylation is 1. The smallest absolute Gasteiger partial charge is 0.349 e. The van der Waals surface area contributed by atoms with E-state index in [-0.39, 0.29) is 11.1 Å². The Balaban J connectivity index is 2.03. The van der Waals surface area contributed by atoms with Crippen LogP contribution in [0.4, 0.5) is 5.69 Å². The van der Waals surface area contributed by atoms with Gasteiger partial charge in [-0.1, -0.05) is 41.9 Å². The van der Waals surface area contributed by atoms with Crippen LogP contribution in [0.5, 0.6) is 0 Å². The minimum absolute atomic E-state index is 0.0574. The summed E-state index contributed by atoms with van der Waals surface area (Å²) in [6, 6.07) is 13.9. The average Bonchev–Trinajstić information content (AvgIpc) is 2.50. The molecular formula is C17H12ClNO3. The zero-order chi connectivity index (χ0) is 15.7. The second kappa shape index (κ2) is 5.66. The highest BCUT2D eigenvalue weighted by atomic mass is 35.5. The Labute approximate surface area is 131 Å². The van der Waals surface area contributed by atoms with Gasteiger partial charge in [0, 0.05) is 11.1 Å². The maximum atomic E-state index is 12.3. The SMILES string of the molecule is Cc1ccccc1NC(=O)c1cc2cccc(Cl)c2oc1=O.